The Morgan fingerprint density at radius 2 is 2.11 bits per heavy atom. The molecule has 0 aliphatic carbocycles. The highest BCUT2D eigenvalue weighted by atomic mass is 32.1. The van der Waals surface area contributed by atoms with Gasteiger partial charge in [0.15, 0.2) is 0 Å². The van der Waals surface area contributed by atoms with Crippen molar-refractivity contribution in [3.63, 3.8) is 0 Å². The van der Waals surface area contributed by atoms with Crippen LogP contribution in [-0.4, -0.2) is 16.4 Å². The van der Waals surface area contributed by atoms with Crippen molar-refractivity contribution in [1.82, 2.24) is 9.88 Å². The molecule has 0 bridgehead atoms. The molecule has 3 heterocycles. The lowest BCUT2D eigenvalue weighted by Gasteiger charge is -2.23. The van der Waals surface area contributed by atoms with Gasteiger partial charge in [-0.05, 0) is 55.1 Å². The van der Waals surface area contributed by atoms with Gasteiger partial charge in [-0.15, -0.1) is 11.3 Å². The Kier molecular flexibility index (Phi) is 4.49. The van der Waals surface area contributed by atoms with Crippen molar-refractivity contribution in [1.29, 1.82) is 0 Å². The van der Waals surface area contributed by atoms with Crippen LogP contribution in [0.2, 0.25) is 0 Å². The van der Waals surface area contributed by atoms with Crippen LogP contribution in [0.4, 0.5) is 0 Å². The second-order valence-electron chi connectivity index (χ2n) is 7.42. The summed E-state index contributed by atoms with van der Waals surface area (Å²) >= 11 is 1.79. The van der Waals surface area contributed by atoms with E-state index in [4.69, 9.17) is 9.40 Å². The highest BCUT2D eigenvalue weighted by Crippen LogP contribution is 2.37. The zero-order valence-electron chi connectivity index (χ0n) is 15.9. The highest BCUT2D eigenvalue weighted by molar-refractivity contribution is 7.18. The van der Waals surface area contributed by atoms with E-state index in [0.29, 0.717) is 11.6 Å². The van der Waals surface area contributed by atoms with Gasteiger partial charge >= 0.3 is 5.63 Å². The maximum atomic E-state index is 12.2. The lowest BCUT2D eigenvalue weighted by molar-refractivity contribution is 0.248. The molecule has 1 atom stereocenters. The molecule has 0 N–H and O–H groups in total. The number of fused-ring (bicyclic) bond motifs is 2. The van der Waals surface area contributed by atoms with Crippen LogP contribution in [0.5, 0.6) is 0 Å². The first-order chi connectivity index (χ1) is 13.7. The second-order valence-corrected chi connectivity index (χ2v) is 8.49. The van der Waals surface area contributed by atoms with E-state index in [-0.39, 0.29) is 5.63 Å². The molecule has 1 aliphatic heterocycles. The Bertz CT molecular complexity index is 1180. The monoisotopic (exact) mass is 390 g/mol. The molecule has 1 saturated heterocycles. The van der Waals surface area contributed by atoms with Crippen LogP contribution in [0.1, 0.15) is 41.9 Å². The fourth-order valence-electron chi connectivity index (χ4n) is 4.17. The lowest BCUT2D eigenvalue weighted by Crippen LogP contribution is -2.23. The van der Waals surface area contributed by atoms with Gasteiger partial charge in [0.25, 0.3) is 0 Å². The molecule has 5 heteroatoms. The largest absolute Gasteiger partial charge is 0.423 e. The molecule has 2 aromatic carbocycles. The number of benzene rings is 2. The summed E-state index contributed by atoms with van der Waals surface area (Å²) in [5.74, 6) is 0. The van der Waals surface area contributed by atoms with E-state index in [2.05, 4.69) is 42.2 Å². The fourth-order valence-corrected chi connectivity index (χ4v) is 5.31. The molecule has 1 fully saturated rings. The Labute approximate surface area is 167 Å². The van der Waals surface area contributed by atoms with Gasteiger partial charge in [-0.2, -0.15) is 0 Å². The Morgan fingerprint density at radius 3 is 2.96 bits per heavy atom. The topological polar surface area (TPSA) is 46.3 Å². The third-order valence-corrected chi connectivity index (χ3v) is 6.77. The summed E-state index contributed by atoms with van der Waals surface area (Å²) in [5, 5.41) is 2.21. The number of hydrogen-bond acceptors (Lipinski definition) is 5. The van der Waals surface area contributed by atoms with Crippen molar-refractivity contribution in [3.8, 4) is 0 Å². The molecule has 0 unspecified atom stereocenters. The van der Waals surface area contributed by atoms with E-state index in [0.717, 1.165) is 48.8 Å². The molecule has 28 heavy (non-hydrogen) atoms. The minimum Gasteiger partial charge on any atom is -0.423 e. The standard InChI is InChI=1S/C23H22N2O2S/c1-2-15-9-10-17-16(13-22(26)27-20(17)12-15)14-25-11-5-7-19(25)23-24-18-6-3-4-8-21(18)28-23/h3-4,6,8-10,12-13,19H,2,5,7,11,14H2,1H3/t19-/m1/s1. The first-order valence-corrected chi connectivity index (χ1v) is 10.7. The normalized spacial score (nSPS) is 17.7. The minimum atomic E-state index is -0.272. The molecule has 2 aromatic heterocycles. The van der Waals surface area contributed by atoms with Crippen molar-refractivity contribution in [2.45, 2.75) is 38.8 Å². The van der Waals surface area contributed by atoms with Gasteiger partial charge in [-0.1, -0.05) is 31.2 Å². The van der Waals surface area contributed by atoms with Gasteiger partial charge < -0.3 is 4.42 Å². The van der Waals surface area contributed by atoms with Crippen molar-refractivity contribution in [3.05, 3.63) is 75.1 Å². The van der Waals surface area contributed by atoms with Gasteiger partial charge in [0.1, 0.15) is 10.6 Å². The molecule has 0 radical (unpaired) electrons. The summed E-state index contributed by atoms with van der Waals surface area (Å²) in [6, 6.07) is 16.5. The average Bonchev–Trinajstić information content (AvgIpc) is 3.33. The van der Waals surface area contributed by atoms with E-state index < -0.39 is 0 Å². The maximum absolute atomic E-state index is 12.2. The predicted octanol–water partition coefficient (Wildman–Crippen LogP) is 5.30. The summed E-state index contributed by atoms with van der Waals surface area (Å²) in [5.41, 5.74) is 3.72. The average molecular weight is 391 g/mol. The molecule has 4 nitrogen and oxygen atoms in total. The second kappa shape index (κ2) is 7.15. The molecule has 5 rings (SSSR count). The molecule has 4 aromatic rings. The molecule has 142 valence electrons. The maximum Gasteiger partial charge on any atom is 0.336 e. The Balaban J connectivity index is 1.50. The summed E-state index contributed by atoms with van der Waals surface area (Å²) in [6.07, 6.45) is 3.19. The summed E-state index contributed by atoms with van der Waals surface area (Å²) in [7, 11) is 0. The van der Waals surface area contributed by atoms with E-state index in [1.165, 1.54) is 15.3 Å². The van der Waals surface area contributed by atoms with Crippen molar-refractivity contribution < 1.29 is 4.42 Å². The third kappa shape index (κ3) is 3.15. The van der Waals surface area contributed by atoms with Crippen LogP contribution in [0.3, 0.4) is 0 Å². The molecule has 0 amide bonds. The molecular formula is C23H22N2O2S. The van der Waals surface area contributed by atoms with Crippen LogP contribution in [0.25, 0.3) is 21.2 Å². The smallest absolute Gasteiger partial charge is 0.336 e. The lowest BCUT2D eigenvalue weighted by atomic mass is 10.1. The van der Waals surface area contributed by atoms with Crippen molar-refractivity contribution in [2.75, 3.05) is 6.54 Å². The SMILES string of the molecule is CCc1ccc2c(CN3CCC[C@@H]3c3nc4ccccc4s3)cc(=O)oc2c1. The van der Waals surface area contributed by atoms with Crippen LogP contribution >= 0.6 is 11.3 Å². The number of aryl methyl sites for hydroxylation is 1. The van der Waals surface area contributed by atoms with E-state index in [9.17, 15) is 4.79 Å². The zero-order valence-corrected chi connectivity index (χ0v) is 16.7. The van der Waals surface area contributed by atoms with Crippen molar-refractivity contribution >= 4 is 32.5 Å². The summed E-state index contributed by atoms with van der Waals surface area (Å²) in [6.45, 7) is 3.87. The summed E-state index contributed by atoms with van der Waals surface area (Å²) < 4.78 is 6.71. The van der Waals surface area contributed by atoms with Gasteiger partial charge in [0.2, 0.25) is 0 Å². The fraction of sp³-hybridized carbons (Fsp3) is 0.304. The Hall–Kier alpha value is -2.50. The van der Waals surface area contributed by atoms with Gasteiger partial charge in [0, 0.05) is 18.0 Å². The number of thiazole rings is 1. The number of para-hydroxylation sites is 1. The quantitative estimate of drug-likeness (QED) is 0.444. The third-order valence-electron chi connectivity index (χ3n) is 5.64. The highest BCUT2D eigenvalue weighted by Gasteiger charge is 2.29. The van der Waals surface area contributed by atoms with Gasteiger partial charge in [-0.3, -0.25) is 4.90 Å². The molecule has 0 spiro atoms. The molecule has 0 saturated carbocycles. The number of nitrogens with zero attached hydrogens (tertiary/aromatic N) is 2. The number of likely N-dealkylation sites (tertiary alicyclic amines) is 1. The van der Waals surface area contributed by atoms with E-state index in [1.807, 2.05) is 12.1 Å². The first kappa shape index (κ1) is 17.6. The zero-order chi connectivity index (χ0) is 19.1. The van der Waals surface area contributed by atoms with Crippen LogP contribution in [0.15, 0.2) is 57.7 Å². The molecular weight excluding hydrogens is 368 g/mol. The first-order valence-electron chi connectivity index (χ1n) is 9.86. The van der Waals surface area contributed by atoms with Crippen molar-refractivity contribution in [2.24, 2.45) is 0 Å². The Morgan fingerprint density at radius 1 is 1.21 bits per heavy atom. The number of hydrogen-bond donors (Lipinski definition) is 0. The van der Waals surface area contributed by atoms with E-state index >= 15 is 0 Å². The number of rotatable bonds is 4. The van der Waals surface area contributed by atoms with Gasteiger partial charge in [0.05, 0.1) is 16.3 Å². The minimum absolute atomic E-state index is 0.272. The van der Waals surface area contributed by atoms with Crippen LogP contribution < -0.4 is 5.63 Å². The van der Waals surface area contributed by atoms with Crippen LogP contribution in [0, 0.1) is 0 Å². The predicted molar refractivity (Wildman–Crippen MR) is 114 cm³/mol. The number of aromatic nitrogens is 1. The van der Waals surface area contributed by atoms with Gasteiger partial charge in [-0.25, -0.2) is 9.78 Å². The summed E-state index contributed by atoms with van der Waals surface area (Å²) in [4.78, 5) is 19.5. The van der Waals surface area contributed by atoms with E-state index in [1.54, 1.807) is 17.4 Å². The molecule has 1 aliphatic rings. The van der Waals surface area contributed by atoms with Crippen LogP contribution in [-0.2, 0) is 13.0 Å².